The van der Waals surface area contributed by atoms with Crippen molar-refractivity contribution < 1.29 is 13.6 Å². The summed E-state index contributed by atoms with van der Waals surface area (Å²) in [6, 6.07) is 3.64. The molecule has 2 heterocycles. The number of anilines is 1. The SMILES string of the molecule is CC(C)(C)n1cnc(NC(=O)N2CCCC(c3ccc(F)c(F)c3)C2)n1. The Balaban J connectivity index is 1.66. The van der Waals surface area contributed by atoms with Gasteiger partial charge in [0.05, 0.1) is 5.54 Å². The van der Waals surface area contributed by atoms with Crippen molar-refractivity contribution in [2.24, 2.45) is 0 Å². The molecule has 1 unspecified atom stereocenters. The van der Waals surface area contributed by atoms with E-state index in [0.29, 0.717) is 18.7 Å². The van der Waals surface area contributed by atoms with E-state index < -0.39 is 11.6 Å². The van der Waals surface area contributed by atoms with E-state index in [9.17, 15) is 13.6 Å². The Bertz CT molecular complexity index is 799. The van der Waals surface area contributed by atoms with Gasteiger partial charge in [-0.25, -0.2) is 23.2 Å². The molecule has 1 N–H and O–H groups in total. The van der Waals surface area contributed by atoms with E-state index in [1.165, 1.54) is 6.07 Å². The molecular formula is C18H23F2N5O. The van der Waals surface area contributed by atoms with Crippen molar-refractivity contribution in [1.29, 1.82) is 0 Å². The summed E-state index contributed by atoms with van der Waals surface area (Å²) in [7, 11) is 0. The second kappa shape index (κ2) is 7.01. The fourth-order valence-corrected chi connectivity index (χ4v) is 3.02. The zero-order valence-electron chi connectivity index (χ0n) is 15.2. The fourth-order valence-electron chi connectivity index (χ4n) is 3.02. The first-order valence-electron chi connectivity index (χ1n) is 8.67. The molecule has 0 saturated carbocycles. The maximum absolute atomic E-state index is 13.5. The first kappa shape index (κ1) is 18.3. The van der Waals surface area contributed by atoms with Crippen molar-refractivity contribution in [3.05, 3.63) is 41.7 Å². The van der Waals surface area contributed by atoms with Crippen LogP contribution in [0.2, 0.25) is 0 Å². The predicted molar refractivity (Wildman–Crippen MR) is 93.9 cm³/mol. The summed E-state index contributed by atoms with van der Waals surface area (Å²) in [5.41, 5.74) is 0.482. The van der Waals surface area contributed by atoms with Crippen LogP contribution in [0.1, 0.15) is 45.1 Å². The third-order valence-electron chi connectivity index (χ3n) is 4.52. The number of benzene rings is 1. The van der Waals surface area contributed by atoms with Crippen LogP contribution in [0.3, 0.4) is 0 Å². The van der Waals surface area contributed by atoms with Crippen LogP contribution >= 0.6 is 0 Å². The average Bonchev–Trinajstić information content (AvgIpc) is 3.06. The lowest BCUT2D eigenvalue weighted by atomic mass is 9.90. The summed E-state index contributed by atoms with van der Waals surface area (Å²) < 4.78 is 28.3. The largest absolute Gasteiger partial charge is 0.324 e. The molecule has 0 bridgehead atoms. The van der Waals surface area contributed by atoms with Gasteiger partial charge in [-0.1, -0.05) is 6.07 Å². The standard InChI is InChI=1S/C18H23F2N5O/c1-18(2,3)25-11-21-16(23-25)22-17(26)24-8-4-5-13(10-24)12-6-7-14(19)15(20)9-12/h6-7,9,11,13H,4-5,8,10H2,1-3H3,(H,22,23,26). The van der Waals surface area contributed by atoms with E-state index in [0.717, 1.165) is 18.9 Å². The minimum absolute atomic E-state index is 0.0234. The van der Waals surface area contributed by atoms with Gasteiger partial charge in [0.15, 0.2) is 11.6 Å². The molecule has 3 rings (SSSR count). The topological polar surface area (TPSA) is 63.1 Å². The molecule has 1 aliphatic rings. The molecule has 26 heavy (non-hydrogen) atoms. The van der Waals surface area contributed by atoms with Gasteiger partial charge < -0.3 is 4.90 Å². The van der Waals surface area contributed by atoms with E-state index in [1.807, 2.05) is 20.8 Å². The van der Waals surface area contributed by atoms with Gasteiger partial charge in [-0.15, -0.1) is 5.10 Å². The summed E-state index contributed by atoms with van der Waals surface area (Å²) >= 11 is 0. The number of amides is 2. The lowest BCUT2D eigenvalue weighted by Crippen LogP contribution is -2.41. The number of piperidine rings is 1. The van der Waals surface area contributed by atoms with E-state index >= 15 is 0 Å². The molecule has 140 valence electrons. The van der Waals surface area contributed by atoms with E-state index in [2.05, 4.69) is 15.4 Å². The molecule has 6 nitrogen and oxygen atoms in total. The number of nitrogens with one attached hydrogen (secondary N) is 1. The molecule has 0 aliphatic carbocycles. The van der Waals surface area contributed by atoms with Crippen molar-refractivity contribution >= 4 is 12.0 Å². The molecule has 1 saturated heterocycles. The zero-order valence-corrected chi connectivity index (χ0v) is 15.2. The zero-order chi connectivity index (χ0) is 18.9. The summed E-state index contributed by atoms with van der Waals surface area (Å²) in [5, 5.41) is 6.98. The highest BCUT2D eigenvalue weighted by molar-refractivity contribution is 5.87. The van der Waals surface area contributed by atoms with Gasteiger partial charge >= 0.3 is 6.03 Å². The van der Waals surface area contributed by atoms with Gasteiger partial charge in [0.25, 0.3) is 0 Å². The Morgan fingerprint density at radius 1 is 1.27 bits per heavy atom. The lowest BCUT2D eigenvalue weighted by molar-refractivity contribution is 0.192. The molecule has 8 heteroatoms. The monoisotopic (exact) mass is 363 g/mol. The molecule has 1 atom stereocenters. The van der Waals surface area contributed by atoms with Crippen LogP contribution in [0.5, 0.6) is 0 Å². The molecule has 1 aromatic carbocycles. The molecule has 2 amide bonds. The molecule has 0 radical (unpaired) electrons. The smallest absolute Gasteiger partial charge is 0.324 e. The fraction of sp³-hybridized carbons (Fsp3) is 0.500. The number of urea groups is 1. The number of carbonyl (C=O) groups excluding carboxylic acids is 1. The van der Waals surface area contributed by atoms with Gasteiger partial charge in [0, 0.05) is 19.0 Å². The van der Waals surface area contributed by atoms with Crippen LogP contribution in [-0.2, 0) is 5.54 Å². The van der Waals surface area contributed by atoms with Crippen LogP contribution < -0.4 is 5.32 Å². The van der Waals surface area contributed by atoms with E-state index in [1.54, 1.807) is 22.0 Å². The van der Waals surface area contributed by atoms with Crippen LogP contribution in [0.15, 0.2) is 24.5 Å². The third kappa shape index (κ3) is 4.00. The maximum Gasteiger partial charge on any atom is 0.324 e. The number of nitrogens with zero attached hydrogens (tertiary/aromatic N) is 4. The van der Waals surface area contributed by atoms with Crippen molar-refractivity contribution in [2.45, 2.75) is 45.1 Å². The van der Waals surface area contributed by atoms with Gasteiger partial charge in [-0.2, -0.15) is 0 Å². The van der Waals surface area contributed by atoms with Crippen LogP contribution in [-0.4, -0.2) is 38.8 Å². The Kier molecular flexibility index (Phi) is 4.93. The number of halogens is 2. The normalized spacial score (nSPS) is 18.0. The number of rotatable bonds is 2. The Hall–Kier alpha value is -2.51. The molecule has 2 aromatic rings. The van der Waals surface area contributed by atoms with Crippen molar-refractivity contribution in [3.63, 3.8) is 0 Å². The summed E-state index contributed by atoms with van der Waals surface area (Å²) in [5.74, 6) is -1.50. The quantitative estimate of drug-likeness (QED) is 0.884. The minimum atomic E-state index is -0.861. The number of carbonyl (C=O) groups is 1. The first-order valence-corrected chi connectivity index (χ1v) is 8.67. The number of hydrogen-bond donors (Lipinski definition) is 1. The van der Waals surface area contributed by atoms with Crippen LogP contribution in [0.25, 0.3) is 0 Å². The van der Waals surface area contributed by atoms with Crippen molar-refractivity contribution in [3.8, 4) is 0 Å². The lowest BCUT2D eigenvalue weighted by Gasteiger charge is -2.32. The van der Waals surface area contributed by atoms with E-state index in [4.69, 9.17) is 0 Å². The van der Waals surface area contributed by atoms with Crippen molar-refractivity contribution in [1.82, 2.24) is 19.7 Å². The molecule has 1 aliphatic heterocycles. The second-order valence-electron chi connectivity index (χ2n) is 7.57. The highest BCUT2D eigenvalue weighted by Gasteiger charge is 2.26. The number of likely N-dealkylation sites (tertiary alicyclic amines) is 1. The summed E-state index contributed by atoms with van der Waals surface area (Å²) in [4.78, 5) is 18.3. The van der Waals surface area contributed by atoms with E-state index in [-0.39, 0.29) is 23.4 Å². The third-order valence-corrected chi connectivity index (χ3v) is 4.52. The number of hydrogen-bond acceptors (Lipinski definition) is 3. The highest BCUT2D eigenvalue weighted by atomic mass is 19.2. The average molecular weight is 363 g/mol. The summed E-state index contributed by atoms with van der Waals surface area (Å²) in [6.07, 6.45) is 3.20. The Labute approximate surface area is 151 Å². The molecular weight excluding hydrogens is 340 g/mol. The molecule has 0 spiro atoms. The van der Waals surface area contributed by atoms with Gasteiger partial charge in [0.1, 0.15) is 6.33 Å². The van der Waals surface area contributed by atoms with Gasteiger partial charge in [0.2, 0.25) is 5.95 Å². The van der Waals surface area contributed by atoms with Crippen LogP contribution in [0.4, 0.5) is 19.5 Å². The first-order chi connectivity index (χ1) is 12.2. The predicted octanol–water partition coefficient (Wildman–Crippen LogP) is 3.72. The Morgan fingerprint density at radius 2 is 2.04 bits per heavy atom. The highest BCUT2D eigenvalue weighted by Crippen LogP contribution is 2.28. The molecule has 1 fully saturated rings. The van der Waals surface area contributed by atoms with Gasteiger partial charge in [-0.05, 0) is 51.3 Å². The minimum Gasteiger partial charge on any atom is -0.324 e. The summed E-state index contributed by atoms with van der Waals surface area (Å²) in [6.45, 7) is 7.02. The van der Waals surface area contributed by atoms with Crippen LogP contribution in [0, 0.1) is 11.6 Å². The van der Waals surface area contributed by atoms with Gasteiger partial charge in [-0.3, -0.25) is 5.32 Å². The van der Waals surface area contributed by atoms with Crippen molar-refractivity contribution in [2.75, 3.05) is 18.4 Å². The maximum atomic E-state index is 13.5. The Morgan fingerprint density at radius 3 is 2.69 bits per heavy atom. The second-order valence-corrected chi connectivity index (χ2v) is 7.57. The molecule has 1 aromatic heterocycles. The number of aromatic nitrogens is 3.